The van der Waals surface area contributed by atoms with Crippen LogP contribution in [0, 0.1) is 11.3 Å². The molecule has 0 spiro atoms. The van der Waals surface area contributed by atoms with E-state index in [2.05, 4.69) is 0 Å². The van der Waals surface area contributed by atoms with E-state index in [-0.39, 0.29) is 12.2 Å². The largest absolute Gasteiger partial charge is 0.228 e. The van der Waals surface area contributed by atoms with Crippen LogP contribution in [0.15, 0.2) is 30.3 Å². The van der Waals surface area contributed by atoms with E-state index in [1.807, 2.05) is 12.1 Å². The summed E-state index contributed by atoms with van der Waals surface area (Å²) in [6, 6.07) is 10.8. The highest BCUT2D eigenvalue weighted by atomic mass is 32.2. The highest BCUT2D eigenvalue weighted by Crippen LogP contribution is 2.25. The third-order valence-electron chi connectivity index (χ3n) is 2.28. The van der Waals surface area contributed by atoms with Crippen LogP contribution < -0.4 is 0 Å². The number of hydrogen-bond acceptors (Lipinski definition) is 3. The van der Waals surface area contributed by atoms with Gasteiger partial charge in [-0.15, -0.1) is 0 Å². The molecule has 0 heterocycles. The summed E-state index contributed by atoms with van der Waals surface area (Å²) < 4.78 is 23.5. The van der Waals surface area contributed by atoms with E-state index in [0.29, 0.717) is 5.56 Å². The van der Waals surface area contributed by atoms with Crippen LogP contribution in [0.1, 0.15) is 24.2 Å². The predicted molar refractivity (Wildman–Crippen MR) is 58.9 cm³/mol. The molecule has 1 unspecified atom stereocenters. The third kappa shape index (κ3) is 2.80. The number of nitrogens with zero attached hydrogens (tertiary/aromatic N) is 1. The molecule has 4 heteroatoms. The maximum atomic E-state index is 11.7. The Morgan fingerprint density at radius 2 is 1.93 bits per heavy atom. The Bertz CT molecular complexity index is 445. The monoisotopic (exact) mass is 223 g/mol. The summed E-state index contributed by atoms with van der Waals surface area (Å²) in [7, 11) is -3.20. The van der Waals surface area contributed by atoms with E-state index in [9.17, 15) is 8.42 Å². The Kier molecular flexibility index (Phi) is 3.87. The third-order valence-corrected chi connectivity index (χ3v) is 4.39. The van der Waals surface area contributed by atoms with Crippen molar-refractivity contribution in [1.82, 2.24) is 0 Å². The quantitative estimate of drug-likeness (QED) is 0.785. The van der Waals surface area contributed by atoms with Gasteiger partial charge in [-0.2, -0.15) is 5.26 Å². The number of sulfone groups is 1. The lowest BCUT2D eigenvalue weighted by Crippen LogP contribution is -2.15. The van der Waals surface area contributed by atoms with Crippen LogP contribution in [-0.4, -0.2) is 14.2 Å². The Labute approximate surface area is 90.3 Å². The van der Waals surface area contributed by atoms with Gasteiger partial charge in [0, 0.05) is 5.75 Å². The molecule has 1 aromatic rings. The maximum absolute atomic E-state index is 11.7. The summed E-state index contributed by atoms with van der Waals surface area (Å²) in [4.78, 5) is 0. The van der Waals surface area contributed by atoms with E-state index in [4.69, 9.17) is 5.26 Å². The van der Waals surface area contributed by atoms with Crippen LogP contribution in [0.5, 0.6) is 0 Å². The fourth-order valence-corrected chi connectivity index (χ4v) is 2.71. The topological polar surface area (TPSA) is 57.9 Å². The van der Waals surface area contributed by atoms with Crippen LogP contribution in [0.2, 0.25) is 0 Å². The van der Waals surface area contributed by atoms with Crippen molar-refractivity contribution >= 4 is 9.84 Å². The van der Waals surface area contributed by atoms with Crippen molar-refractivity contribution in [2.24, 2.45) is 0 Å². The van der Waals surface area contributed by atoms with Crippen molar-refractivity contribution in [1.29, 1.82) is 5.26 Å². The molecule has 0 saturated heterocycles. The van der Waals surface area contributed by atoms with Crippen molar-refractivity contribution < 1.29 is 8.42 Å². The molecule has 0 aliphatic carbocycles. The highest BCUT2D eigenvalue weighted by Gasteiger charge is 2.24. The first-order valence-electron chi connectivity index (χ1n) is 4.75. The molecule has 1 rings (SSSR count). The molecule has 3 nitrogen and oxygen atoms in total. The molecule has 0 N–H and O–H groups in total. The van der Waals surface area contributed by atoms with Crippen molar-refractivity contribution in [3.63, 3.8) is 0 Å². The molecule has 0 aliphatic heterocycles. The zero-order valence-electron chi connectivity index (χ0n) is 8.55. The van der Waals surface area contributed by atoms with Gasteiger partial charge in [0.15, 0.2) is 9.84 Å². The van der Waals surface area contributed by atoms with Gasteiger partial charge in [-0.25, -0.2) is 8.42 Å². The van der Waals surface area contributed by atoms with Gasteiger partial charge >= 0.3 is 0 Å². The van der Waals surface area contributed by atoms with E-state index in [0.717, 1.165) is 0 Å². The molecule has 0 amide bonds. The molecular formula is C11H13NO2S. The van der Waals surface area contributed by atoms with Crippen molar-refractivity contribution in [2.75, 3.05) is 5.75 Å². The molecule has 0 aliphatic rings. The van der Waals surface area contributed by atoms with Crippen molar-refractivity contribution in [2.45, 2.75) is 18.6 Å². The van der Waals surface area contributed by atoms with Crippen LogP contribution in [0.25, 0.3) is 0 Å². The van der Waals surface area contributed by atoms with Crippen LogP contribution >= 0.6 is 0 Å². The summed E-state index contributed by atoms with van der Waals surface area (Å²) in [5, 5.41) is 7.96. The number of nitriles is 1. The van der Waals surface area contributed by atoms with Crippen LogP contribution in [0.4, 0.5) is 0 Å². The Morgan fingerprint density at radius 3 is 2.40 bits per heavy atom. The van der Waals surface area contributed by atoms with E-state index in [1.165, 1.54) is 0 Å². The average molecular weight is 223 g/mol. The second kappa shape index (κ2) is 4.94. The number of benzene rings is 1. The van der Waals surface area contributed by atoms with Gasteiger partial charge in [0.25, 0.3) is 0 Å². The molecule has 15 heavy (non-hydrogen) atoms. The normalized spacial score (nSPS) is 13.1. The molecule has 0 fully saturated rings. The minimum absolute atomic E-state index is 0.0141. The summed E-state index contributed by atoms with van der Waals surface area (Å²) in [5.41, 5.74) is 0.695. The lowest BCUT2D eigenvalue weighted by atomic mass is 10.1. The highest BCUT2D eigenvalue weighted by molar-refractivity contribution is 7.91. The lowest BCUT2D eigenvalue weighted by molar-refractivity contribution is 0.584. The first-order chi connectivity index (χ1) is 7.11. The SMILES string of the molecule is CCS(=O)(=O)C(CC#N)c1ccccc1. The summed E-state index contributed by atoms with van der Waals surface area (Å²) in [6.07, 6.45) is 0.0141. The standard InChI is InChI=1S/C11H13NO2S/c1-2-15(13,14)11(8-9-12)10-6-4-3-5-7-10/h3-7,11H,2,8H2,1H3. The number of rotatable bonds is 4. The zero-order valence-corrected chi connectivity index (χ0v) is 9.37. The van der Waals surface area contributed by atoms with Crippen molar-refractivity contribution in [3.8, 4) is 6.07 Å². The Hall–Kier alpha value is -1.34. The van der Waals surface area contributed by atoms with Gasteiger partial charge in [0.2, 0.25) is 0 Å². The molecule has 1 atom stereocenters. The van der Waals surface area contributed by atoms with Gasteiger partial charge < -0.3 is 0 Å². The summed E-state index contributed by atoms with van der Waals surface area (Å²) in [5.74, 6) is 0.0637. The fourth-order valence-electron chi connectivity index (χ4n) is 1.40. The molecular weight excluding hydrogens is 210 g/mol. The fraction of sp³-hybridized carbons (Fsp3) is 0.364. The van der Waals surface area contributed by atoms with E-state index in [1.54, 1.807) is 31.2 Å². The molecule has 0 radical (unpaired) electrons. The first kappa shape index (κ1) is 11.7. The average Bonchev–Trinajstić information content (AvgIpc) is 2.27. The van der Waals surface area contributed by atoms with Crippen LogP contribution in [-0.2, 0) is 9.84 Å². The van der Waals surface area contributed by atoms with Crippen LogP contribution in [0.3, 0.4) is 0 Å². The zero-order chi connectivity index (χ0) is 11.3. The molecule has 80 valence electrons. The molecule has 1 aromatic carbocycles. The summed E-state index contributed by atoms with van der Waals surface area (Å²) in [6.45, 7) is 1.60. The Morgan fingerprint density at radius 1 is 1.33 bits per heavy atom. The second-order valence-corrected chi connectivity index (χ2v) is 5.69. The van der Waals surface area contributed by atoms with E-state index < -0.39 is 15.1 Å². The Balaban J connectivity index is 3.11. The maximum Gasteiger partial charge on any atom is 0.158 e. The van der Waals surface area contributed by atoms with Gasteiger partial charge in [0.1, 0.15) is 0 Å². The predicted octanol–water partition coefficient (Wildman–Crippen LogP) is 2.08. The van der Waals surface area contributed by atoms with Gasteiger partial charge in [-0.05, 0) is 5.56 Å². The second-order valence-electron chi connectivity index (χ2n) is 3.21. The van der Waals surface area contributed by atoms with Crippen molar-refractivity contribution in [3.05, 3.63) is 35.9 Å². The van der Waals surface area contributed by atoms with Gasteiger partial charge in [0.05, 0.1) is 17.7 Å². The minimum atomic E-state index is -3.20. The smallest absolute Gasteiger partial charge is 0.158 e. The van der Waals surface area contributed by atoms with E-state index >= 15 is 0 Å². The molecule has 0 aromatic heterocycles. The van der Waals surface area contributed by atoms with Gasteiger partial charge in [-0.1, -0.05) is 37.3 Å². The molecule has 0 bridgehead atoms. The van der Waals surface area contributed by atoms with Gasteiger partial charge in [-0.3, -0.25) is 0 Å². The minimum Gasteiger partial charge on any atom is -0.228 e. The summed E-state index contributed by atoms with van der Waals surface area (Å²) >= 11 is 0. The lowest BCUT2D eigenvalue weighted by Gasteiger charge is -2.13. The molecule has 0 saturated carbocycles. The number of hydrogen-bond donors (Lipinski definition) is 0. The first-order valence-corrected chi connectivity index (χ1v) is 6.47.